The third-order valence-corrected chi connectivity index (χ3v) is 3.08. The molecule has 0 fully saturated rings. The van der Waals surface area contributed by atoms with E-state index in [2.05, 4.69) is 11.6 Å². The van der Waals surface area contributed by atoms with Gasteiger partial charge in [-0.25, -0.2) is 9.78 Å². The molecule has 1 heterocycles. The SMILES string of the molecule is C=CC(=O)Oc1ccc(-c2nc3ccccc3o2)cc1OC. The van der Waals surface area contributed by atoms with Crippen LogP contribution < -0.4 is 9.47 Å². The van der Waals surface area contributed by atoms with E-state index in [-0.39, 0.29) is 0 Å². The van der Waals surface area contributed by atoms with Gasteiger partial charge < -0.3 is 13.9 Å². The lowest BCUT2D eigenvalue weighted by Crippen LogP contribution is -2.04. The minimum atomic E-state index is -0.548. The maximum absolute atomic E-state index is 11.3. The standard InChI is InChI=1S/C17H13NO4/c1-3-16(19)21-14-9-8-11(10-15(14)20-2)17-18-12-6-4-5-7-13(12)22-17/h3-10H,1H2,2H3. The molecule has 22 heavy (non-hydrogen) atoms. The Balaban J connectivity index is 2.00. The molecule has 3 aromatic rings. The Bertz CT molecular complexity index is 818. The van der Waals surface area contributed by atoms with Crippen LogP contribution in [0.25, 0.3) is 22.6 Å². The lowest BCUT2D eigenvalue weighted by molar-refractivity contribution is -0.129. The third-order valence-electron chi connectivity index (χ3n) is 3.08. The number of hydrogen-bond acceptors (Lipinski definition) is 5. The number of rotatable bonds is 4. The second kappa shape index (κ2) is 5.73. The van der Waals surface area contributed by atoms with Crippen LogP contribution in [0.4, 0.5) is 0 Å². The van der Waals surface area contributed by atoms with Crippen molar-refractivity contribution in [1.82, 2.24) is 4.98 Å². The van der Waals surface area contributed by atoms with Gasteiger partial charge in [0.15, 0.2) is 17.1 Å². The van der Waals surface area contributed by atoms with Crippen molar-refractivity contribution in [3.63, 3.8) is 0 Å². The van der Waals surface area contributed by atoms with Gasteiger partial charge in [0.25, 0.3) is 0 Å². The van der Waals surface area contributed by atoms with Crippen molar-refractivity contribution in [3.8, 4) is 23.0 Å². The number of benzene rings is 2. The third kappa shape index (κ3) is 2.56. The number of fused-ring (bicyclic) bond motifs is 1. The van der Waals surface area contributed by atoms with Gasteiger partial charge in [-0.2, -0.15) is 0 Å². The van der Waals surface area contributed by atoms with Crippen LogP contribution in [-0.4, -0.2) is 18.1 Å². The molecule has 0 aliphatic carbocycles. The average Bonchev–Trinajstić information content (AvgIpc) is 2.99. The predicted octanol–water partition coefficient (Wildman–Crippen LogP) is 3.59. The second-order valence-corrected chi connectivity index (χ2v) is 4.48. The molecule has 1 aromatic heterocycles. The summed E-state index contributed by atoms with van der Waals surface area (Å²) in [5.41, 5.74) is 2.21. The summed E-state index contributed by atoms with van der Waals surface area (Å²) < 4.78 is 16.1. The molecule has 5 heteroatoms. The second-order valence-electron chi connectivity index (χ2n) is 4.48. The van der Waals surface area contributed by atoms with Crippen molar-refractivity contribution < 1.29 is 18.7 Å². The highest BCUT2D eigenvalue weighted by molar-refractivity contribution is 5.84. The van der Waals surface area contributed by atoms with Crippen LogP contribution in [0.3, 0.4) is 0 Å². The number of para-hydroxylation sites is 2. The first-order valence-electron chi connectivity index (χ1n) is 6.59. The van der Waals surface area contributed by atoms with Crippen molar-refractivity contribution in [2.45, 2.75) is 0 Å². The van der Waals surface area contributed by atoms with Gasteiger partial charge in [0.2, 0.25) is 5.89 Å². The van der Waals surface area contributed by atoms with E-state index >= 15 is 0 Å². The van der Waals surface area contributed by atoms with Gasteiger partial charge in [-0.05, 0) is 30.3 Å². The van der Waals surface area contributed by atoms with E-state index < -0.39 is 5.97 Å². The number of oxazole rings is 1. The van der Waals surface area contributed by atoms with Crippen LogP contribution in [0.5, 0.6) is 11.5 Å². The molecule has 0 aliphatic rings. The van der Waals surface area contributed by atoms with E-state index in [1.165, 1.54) is 7.11 Å². The molecular weight excluding hydrogens is 282 g/mol. The van der Waals surface area contributed by atoms with Crippen molar-refractivity contribution in [2.75, 3.05) is 7.11 Å². The highest BCUT2D eigenvalue weighted by Gasteiger charge is 2.13. The quantitative estimate of drug-likeness (QED) is 0.418. The highest BCUT2D eigenvalue weighted by atomic mass is 16.6. The summed E-state index contributed by atoms with van der Waals surface area (Å²) in [5, 5.41) is 0. The van der Waals surface area contributed by atoms with Crippen molar-refractivity contribution in [2.24, 2.45) is 0 Å². The molecule has 110 valence electrons. The number of carbonyl (C=O) groups excluding carboxylic acids is 1. The first-order valence-corrected chi connectivity index (χ1v) is 6.59. The summed E-state index contributed by atoms with van der Waals surface area (Å²) >= 11 is 0. The maximum Gasteiger partial charge on any atom is 0.335 e. The van der Waals surface area contributed by atoms with Gasteiger partial charge in [-0.15, -0.1) is 0 Å². The number of ether oxygens (including phenoxy) is 2. The summed E-state index contributed by atoms with van der Waals surface area (Å²) in [7, 11) is 1.50. The first kappa shape index (κ1) is 13.9. The maximum atomic E-state index is 11.3. The Morgan fingerprint density at radius 2 is 2.05 bits per heavy atom. The smallest absolute Gasteiger partial charge is 0.335 e. The Labute approximate surface area is 126 Å². The van der Waals surface area contributed by atoms with Crippen LogP contribution >= 0.6 is 0 Å². The molecule has 0 aliphatic heterocycles. The van der Waals surface area contributed by atoms with Crippen LogP contribution in [-0.2, 0) is 4.79 Å². The number of aromatic nitrogens is 1. The van der Waals surface area contributed by atoms with E-state index in [0.29, 0.717) is 23.0 Å². The van der Waals surface area contributed by atoms with Gasteiger partial charge in [0.1, 0.15) is 5.52 Å². The van der Waals surface area contributed by atoms with E-state index in [9.17, 15) is 4.79 Å². The normalized spacial score (nSPS) is 10.4. The van der Waals surface area contributed by atoms with Gasteiger partial charge in [-0.1, -0.05) is 18.7 Å². The summed E-state index contributed by atoms with van der Waals surface area (Å²) in [5.74, 6) is 0.649. The van der Waals surface area contributed by atoms with E-state index in [1.54, 1.807) is 18.2 Å². The van der Waals surface area contributed by atoms with Crippen LogP contribution in [0.2, 0.25) is 0 Å². The zero-order valence-corrected chi connectivity index (χ0v) is 11.9. The molecule has 3 rings (SSSR count). The average molecular weight is 295 g/mol. The van der Waals surface area contributed by atoms with Gasteiger partial charge >= 0.3 is 5.97 Å². The van der Waals surface area contributed by atoms with Gasteiger partial charge in [0.05, 0.1) is 7.11 Å². The van der Waals surface area contributed by atoms with E-state index in [1.807, 2.05) is 24.3 Å². The lowest BCUT2D eigenvalue weighted by Gasteiger charge is -2.08. The number of carbonyl (C=O) groups is 1. The first-order chi connectivity index (χ1) is 10.7. The van der Waals surface area contributed by atoms with E-state index in [4.69, 9.17) is 13.9 Å². The fourth-order valence-corrected chi connectivity index (χ4v) is 2.03. The highest BCUT2D eigenvalue weighted by Crippen LogP contribution is 2.33. The molecule has 0 bridgehead atoms. The zero-order chi connectivity index (χ0) is 15.5. The summed E-state index contributed by atoms with van der Waals surface area (Å²) in [6.07, 6.45) is 1.09. The fourth-order valence-electron chi connectivity index (χ4n) is 2.03. The molecule has 5 nitrogen and oxygen atoms in total. The zero-order valence-electron chi connectivity index (χ0n) is 11.9. The summed E-state index contributed by atoms with van der Waals surface area (Å²) in [6, 6.07) is 12.6. The topological polar surface area (TPSA) is 61.6 Å². The van der Waals surface area contributed by atoms with Crippen LogP contribution in [0.1, 0.15) is 0 Å². The summed E-state index contributed by atoms with van der Waals surface area (Å²) in [4.78, 5) is 15.7. The molecule has 0 atom stereocenters. The van der Waals surface area contributed by atoms with Gasteiger partial charge in [0, 0.05) is 11.6 Å². The molecule has 0 saturated carbocycles. The molecule has 0 unspecified atom stereocenters. The lowest BCUT2D eigenvalue weighted by atomic mass is 10.2. The van der Waals surface area contributed by atoms with Gasteiger partial charge in [-0.3, -0.25) is 0 Å². The minimum Gasteiger partial charge on any atom is -0.493 e. The minimum absolute atomic E-state index is 0.312. The number of esters is 1. The predicted molar refractivity (Wildman–Crippen MR) is 81.8 cm³/mol. The van der Waals surface area contributed by atoms with E-state index in [0.717, 1.165) is 17.2 Å². The molecule has 0 amide bonds. The Morgan fingerprint density at radius 3 is 2.77 bits per heavy atom. The molecule has 0 saturated heterocycles. The Hall–Kier alpha value is -3.08. The molecule has 0 N–H and O–H groups in total. The fraction of sp³-hybridized carbons (Fsp3) is 0.0588. The molecular formula is C17H13NO4. The summed E-state index contributed by atoms with van der Waals surface area (Å²) in [6.45, 7) is 3.36. The van der Waals surface area contributed by atoms with Crippen molar-refractivity contribution in [1.29, 1.82) is 0 Å². The van der Waals surface area contributed by atoms with Crippen LogP contribution in [0, 0.1) is 0 Å². The molecule has 0 radical (unpaired) electrons. The largest absolute Gasteiger partial charge is 0.493 e. The number of hydrogen-bond donors (Lipinski definition) is 0. The van der Waals surface area contributed by atoms with Crippen molar-refractivity contribution in [3.05, 3.63) is 55.1 Å². The van der Waals surface area contributed by atoms with Crippen molar-refractivity contribution >= 4 is 17.1 Å². The number of nitrogens with zero attached hydrogens (tertiary/aromatic N) is 1. The van der Waals surface area contributed by atoms with Crippen LogP contribution in [0.15, 0.2) is 59.5 Å². The molecule has 0 spiro atoms. The Kier molecular flexibility index (Phi) is 3.62. The number of methoxy groups -OCH3 is 1. The Morgan fingerprint density at radius 1 is 1.23 bits per heavy atom. The molecule has 2 aromatic carbocycles. The monoisotopic (exact) mass is 295 g/mol.